The van der Waals surface area contributed by atoms with Crippen molar-refractivity contribution in [1.29, 1.82) is 0 Å². The van der Waals surface area contributed by atoms with E-state index in [1.807, 2.05) is 11.1 Å². The number of hydrogen-bond acceptors (Lipinski definition) is 6. The Hall–Kier alpha value is -2.35. The Morgan fingerprint density at radius 3 is 2.74 bits per heavy atom. The molecule has 0 unspecified atom stereocenters. The van der Waals surface area contributed by atoms with Crippen molar-refractivity contribution < 1.29 is 14.3 Å². The lowest BCUT2D eigenvalue weighted by Gasteiger charge is -2.38. The molecule has 1 saturated carbocycles. The average Bonchev–Trinajstić information content (AvgIpc) is 2.97. The summed E-state index contributed by atoms with van der Waals surface area (Å²) in [6.07, 6.45) is 12.1. The molecule has 3 fully saturated rings. The third kappa shape index (κ3) is 6.61. The largest absolute Gasteiger partial charge is 0.379 e. The van der Waals surface area contributed by atoms with E-state index in [1.54, 1.807) is 7.11 Å². The van der Waals surface area contributed by atoms with Crippen molar-refractivity contribution in [2.24, 2.45) is 5.92 Å². The van der Waals surface area contributed by atoms with Crippen LogP contribution in [0.3, 0.4) is 0 Å². The van der Waals surface area contributed by atoms with Crippen LogP contribution in [-0.2, 0) is 15.9 Å². The maximum atomic E-state index is 13.4. The molecule has 4 atom stereocenters. The van der Waals surface area contributed by atoms with Crippen LogP contribution in [0.1, 0.15) is 84.5 Å². The minimum absolute atomic E-state index is 0.0259. The van der Waals surface area contributed by atoms with Crippen molar-refractivity contribution in [1.82, 2.24) is 20.4 Å². The van der Waals surface area contributed by atoms with Crippen LogP contribution >= 0.6 is 0 Å². The standard InChI is InChI=1S/C31H44N4O3/c1-22-26(12-11-23-7-6-10-25(19-23)24-8-4-3-5-9-24)20-32-34-30(22)31(36)35-16-13-27(14-17-35)33-28-15-18-38-21-29(28)37-2/h3-5,8-9,20,23,25,27-29,33H,6-7,10-19,21H2,1-2H3/t23-,25-,28+,29-/m1/s1. The van der Waals surface area contributed by atoms with Crippen molar-refractivity contribution in [3.05, 3.63) is 58.9 Å². The molecule has 2 aliphatic heterocycles. The fraction of sp³-hybridized carbons (Fsp3) is 0.645. The minimum atomic E-state index is 0.0259. The third-order valence-electron chi connectivity index (χ3n) is 9.13. The molecule has 7 heteroatoms. The molecule has 206 valence electrons. The summed E-state index contributed by atoms with van der Waals surface area (Å²) >= 11 is 0. The van der Waals surface area contributed by atoms with Gasteiger partial charge >= 0.3 is 0 Å². The Labute approximate surface area is 227 Å². The number of aromatic nitrogens is 2. The summed E-state index contributed by atoms with van der Waals surface area (Å²) in [5, 5.41) is 12.3. The van der Waals surface area contributed by atoms with Crippen LogP contribution in [0.15, 0.2) is 36.5 Å². The Balaban J connectivity index is 1.13. The molecule has 0 spiro atoms. The van der Waals surface area contributed by atoms with Crippen LogP contribution in [0.2, 0.25) is 0 Å². The highest BCUT2D eigenvalue weighted by atomic mass is 16.5. The number of nitrogens with zero attached hydrogens (tertiary/aromatic N) is 3. The van der Waals surface area contributed by atoms with Crippen molar-refractivity contribution in [3.8, 4) is 0 Å². The van der Waals surface area contributed by atoms with E-state index in [0.29, 0.717) is 30.3 Å². The van der Waals surface area contributed by atoms with Crippen molar-refractivity contribution in [2.45, 2.75) is 88.8 Å². The summed E-state index contributed by atoms with van der Waals surface area (Å²) in [5.74, 6) is 1.42. The number of benzene rings is 1. The molecule has 3 heterocycles. The average molecular weight is 521 g/mol. The normalized spacial score (nSPS) is 26.8. The fourth-order valence-electron chi connectivity index (χ4n) is 6.71. The number of carbonyl (C=O) groups is 1. The zero-order valence-corrected chi connectivity index (χ0v) is 23.1. The molecular formula is C31H44N4O3. The predicted molar refractivity (Wildman–Crippen MR) is 148 cm³/mol. The highest BCUT2D eigenvalue weighted by Crippen LogP contribution is 2.38. The van der Waals surface area contributed by atoms with Gasteiger partial charge in [0.2, 0.25) is 0 Å². The van der Waals surface area contributed by atoms with E-state index in [1.165, 1.54) is 36.8 Å². The molecule has 2 aromatic rings. The first-order valence-electron chi connectivity index (χ1n) is 14.6. The number of methoxy groups -OCH3 is 1. The van der Waals surface area contributed by atoms with Gasteiger partial charge in [-0.15, -0.1) is 5.10 Å². The van der Waals surface area contributed by atoms with E-state index in [0.717, 1.165) is 63.3 Å². The lowest BCUT2D eigenvalue weighted by Crippen LogP contribution is -2.54. The van der Waals surface area contributed by atoms with Crippen LogP contribution in [0, 0.1) is 12.8 Å². The van der Waals surface area contributed by atoms with Crippen molar-refractivity contribution in [3.63, 3.8) is 0 Å². The van der Waals surface area contributed by atoms with Gasteiger partial charge in [0.15, 0.2) is 5.69 Å². The van der Waals surface area contributed by atoms with Crippen LogP contribution in [0.4, 0.5) is 0 Å². The van der Waals surface area contributed by atoms with Crippen LogP contribution in [-0.4, -0.2) is 72.6 Å². The molecule has 1 aliphatic carbocycles. The molecule has 2 saturated heterocycles. The van der Waals surface area contributed by atoms with Gasteiger partial charge in [0.1, 0.15) is 0 Å². The summed E-state index contributed by atoms with van der Waals surface area (Å²) in [5.41, 5.74) is 4.19. The van der Waals surface area contributed by atoms with Gasteiger partial charge in [0, 0.05) is 38.9 Å². The number of amides is 1. The number of piperidine rings is 1. The van der Waals surface area contributed by atoms with Crippen LogP contribution in [0.5, 0.6) is 0 Å². The topological polar surface area (TPSA) is 76.6 Å². The van der Waals surface area contributed by atoms with Crippen molar-refractivity contribution >= 4 is 5.91 Å². The minimum Gasteiger partial charge on any atom is -0.379 e. The third-order valence-corrected chi connectivity index (χ3v) is 9.13. The van der Waals surface area contributed by atoms with Crippen LogP contribution < -0.4 is 5.32 Å². The summed E-state index contributed by atoms with van der Waals surface area (Å²) < 4.78 is 11.2. The zero-order chi connectivity index (χ0) is 26.3. The monoisotopic (exact) mass is 520 g/mol. The van der Waals surface area contributed by atoms with Gasteiger partial charge in [0.25, 0.3) is 5.91 Å². The molecule has 1 aromatic heterocycles. The summed E-state index contributed by atoms with van der Waals surface area (Å²) in [6.45, 7) is 4.96. The second-order valence-corrected chi connectivity index (χ2v) is 11.5. The van der Waals surface area contributed by atoms with E-state index in [4.69, 9.17) is 9.47 Å². The molecule has 3 aliphatic rings. The number of hydrogen-bond donors (Lipinski definition) is 1. The molecule has 1 amide bonds. The van der Waals surface area contributed by atoms with E-state index in [-0.39, 0.29) is 12.0 Å². The molecule has 1 aromatic carbocycles. The van der Waals surface area contributed by atoms with Gasteiger partial charge in [-0.2, -0.15) is 5.10 Å². The fourth-order valence-corrected chi connectivity index (χ4v) is 6.71. The second kappa shape index (κ2) is 13.1. The Morgan fingerprint density at radius 1 is 1.13 bits per heavy atom. The molecule has 7 nitrogen and oxygen atoms in total. The van der Waals surface area contributed by atoms with E-state index in [9.17, 15) is 4.79 Å². The van der Waals surface area contributed by atoms with Gasteiger partial charge in [-0.3, -0.25) is 4.79 Å². The van der Waals surface area contributed by atoms with E-state index in [2.05, 4.69) is 52.8 Å². The summed E-state index contributed by atoms with van der Waals surface area (Å²) in [7, 11) is 1.75. The molecule has 38 heavy (non-hydrogen) atoms. The number of likely N-dealkylation sites (tertiary alicyclic amines) is 1. The van der Waals surface area contributed by atoms with Gasteiger partial charge in [-0.1, -0.05) is 43.2 Å². The predicted octanol–water partition coefficient (Wildman–Crippen LogP) is 4.69. The number of nitrogens with one attached hydrogen (secondary N) is 1. The summed E-state index contributed by atoms with van der Waals surface area (Å²) in [6, 6.07) is 11.7. The maximum Gasteiger partial charge on any atom is 0.274 e. The highest BCUT2D eigenvalue weighted by Gasteiger charge is 2.31. The van der Waals surface area contributed by atoms with E-state index >= 15 is 0 Å². The van der Waals surface area contributed by atoms with Gasteiger partial charge in [-0.05, 0) is 80.4 Å². The van der Waals surface area contributed by atoms with Gasteiger partial charge in [0.05, 0.1) is 18.9 Å². The smallest absolute Gasteiger partial charge is 0.274 e. The first kappa shape index (κ1) is 27.2. The van der Waals surface area contributed by atoms with Gasteiger partial charge in [-0.25, -0.2) is 0 Å². The van der Waals surface area contributed by atoms with Crippen LogP contribution in [0.25, 0.3) is 0 Å². The summed E-state index contributed by atoms with van der Waals surface area (Å²) in [4.78, 5) is 15.4. The number of aryl methyl sites for hydroxylation is 1. The Bertz CT molecular complexity index is 1040. The van der Waals surface area contributed by atoms with E-state index < -0.39 is 0 Å². The lowest BCUT2D eigenvalue weighted by atomic mass is 9.76. The number of ether oxygens (including phenoxy) is 2. The lowest BCUT2D eigenvalue weighted by molar-refractivity contribution is -0.0533. The Morgan fingerprint density at radius 2 is 1.95 bits per heavy atom. The zero-order valence-electron chi connectivity index (χ0n) is 23.1. The molecule has 1 N–H and O–H groups in total. The second-order valence-electron chi connectivity index (χ2n) is 11.5. The highest BCUT2D eigenvalue weighted by molar-refractivity contribution is 5.93. The quantitative estimate of drug-likeness (QED) is 0.544. The Kier molecular flexibility index (Phi) is 9.41. The molecular weight excluding hydrogens is 476 g/mol. The number of carbonyl (C=O) groups excluding carboxylic acids is 1. The molecule has 0 bridgehead atoms. The first-order valence-corrected chi connectivity index (χ1v) is 14.6. The first-order chi connectivity index (χ1) is 18.6. The molecule has 5 rings (SSSR count). The molecule has 0 radical (unpaired) electrons. The van der Waals surface area contributed by atoms with Crippen molar-refractivity contribution in [2.75, 3.05) is 33.4 Å². The maximum absolute atomic E-state index is 13.4. The number of rotatable bonds is 8. The van der Waals surface area contributed by atoms with Gasteiger partial charge < -0.3 is 19.7 Å². The SMILES string of the molecule is CO[C@@H]1COCC[C@@H]1NC1CCN(C(=O)c2nncc(CC[C@H]3CCC[C@@H](c4ccccc4)C3)c2C)CC1.